The number of alkyl halides is 2. The smallest absolute Gasteiger partial charge is 0.266 e. The van der Waals surface area contributed by atoms with E-state index in [2.05, 4.69) is 9.97 Å². The largest absolute Gasteiger partial charge is 0.337 e. The van der Waals surface area contributed by atoms with Crippen molar-refractivity contribution in [2.45, 2.75) is 25.4 Å². The fraction of sp³-hybridized carbons (Fsp3) is 0.389. The van der Waals surface area contributed by atoms with Gasteiger partial charge in [0.1, 0.15) is 11.6 Å². The van der Waals surface area contributed by atoms with E-state index in [1.54, 1.807) is 18.5 Å². The average molecular weight is 364 g/mol. The highest BCUT2D eigenvalue weighted by Gasteiger charge is 2.31. The van der Waals surface area contributed by atoms with E-state index in [0.717, 1.165) is 6.07 Å². The number of amides is 1. The molecule has 2 heterocycles. The van der Waals surface area contributed by atoms with Gasteiger partial charge in [-0.25, -0.2) is 23.1 Å². The van der Waals surface area contributed by atoms with Crippen LogP contribution in [-0.4, -0.2) is 51.9 Å². The van der Waals surface area contributed by atoms with Gasteiger partial charge >= 0.3 is 0 Å². The van der Waals surface area contributed by atoms with E-state index in [1.165, 1.54) is 17.0 Å². The first-order valence-corrected chi connectivity index (χ1v) is 8.29. The number of likely N-dealkylation sites (tertiary alicyclic amines) is 1. The van der Waals surface area contributed by atoms with Crippen LogP contribution in [0.3, 0.4) is 0 Å². The SMILES string of the molecule is CN(Cc1ncccn1)C1CCN(C(=O)c2cccc(C(F)F)c2F)C1. The molecule has 1 saturated heterocycles. The number of rotatable bonds is 5. The van der Waals surface area contributed by atoms with Crippen molar-refractivity contribution in [3.63, 3.8) is 0 Å². The number of halogens is 3. The van der Waals surface area contributed by atoms with Gasteiger partial charge in [-0.3, -0.25) is 9.69 Å². The molecule has 1 unspecified atom stereocenters. The van der Waals surface area contributed by atoms with Gasteiger partial charge in [0, 0.05) is 31.5 Å². The first-order chi connectivity index (χ1) is 12.5. The second kappa shape index (κ2) is 7.82. The van der Waals surface area contributed by atoms with Crippen LogP contribution in [0.15, 0.2) is 36.7 Å². The second-order valence-corrected chi connectivity index (χ2v) is 6.28. The summed E-state index contributed by atoms with van der Waals surface area (Å²) in [5, 5.41) is 0. The molecule has 138 valence electrons. The lowest BCUT2D eigenvalue weighted by molar-refractivity contribution is 0.0773. The summed E-state index contributed by atoms with van der Waals surface area (Å²) in [6, 6.07) is 5.34. The van der Waals surface area contributed by atoms with Crippen LogP contribution in [0.2, 0.25) is 0 Å². The fourth-order valence-electron chi connectivity index (χ4n) is 3.10. The molecule has 0 bridgehead atoms. The summed E-state index contributed by atoms with van der Waals surface area (Å²) in [6.45, 7) is 1.38. The van der Waals surface area contributed by atoms with Crippen LogP contribution in [0.25, 0.3) is 0 Å². The van der Waals surface area contributed by atoms with E-state index in [-0.39, 0.29) is 11.6 Å². The molecule has 5 nitrogen and oxygen atoms in total. The van der Waals surface area contributed by atoms with Crippen molar-refractivity contribution in [3.05, 3.63) is 59.4 Å². The molecule has 2 aromatic rings. The van der Waals surface area contributed by atoms with Crippen LogP contribution >= 0.6 is 0 Å². The Bertz CT molecular complexity index is 772. The molecular weight excluding hydrogens is 345 g/mol. The number of hydrogen-bond donors (Lipinski definition) is 0. The van der Waals surface area contributed by atoms with E-state index in [0.29, 0.717) is 31.9 Å². The molecule has 0 spiro atoms. The highest BCUT2D eigenvalue weighted by molar-refractivity contribution is 5.95. The molecule has 0 saturated carbocycles. The van der Waals surface area contributed by atoms with Crippen LogP contribution in [-0.2, 0) is 6.54 Å². The Balaban J connectivity index is 1.67. The molecule has 1 fully saturated rings. The maximum Gasteiger partial charge on any atom is 0.266 e. The van der Waals surface area contributed by atoms with Crippen LogP contribution < -0.4 is 0 Å². The molecule has 0 radical (unpaired) electrons. The van der Waals surface area contributed by atoms with Gasteiger partial charge in [-0.1, -0.05) is 12.1 Å². The number of aromatic nitrogens is 2. The lowest BCUT2D eigenvalue weighted by Gasteiger charge is -2.24. The van der Waals surface area contributed by atoms with Gasteiger partial charge in [-0.2, -0.15) is 0 Å². The predicted octanol–water partition coefficient (Wildman–Crippen LogP) is 2.90. The maximum atomic E-state index is 14.2. The summed E-state index contributed by atoms with van der Waals surface area (Å²) in [5.41, 5.74) is -1.05. The molecule has 8 heteroatoms. The zero-order valence-electron chi connectivity index (χ0n) is 14.3. The molecule has 26 heavy (non-hydrogen) atoms. The van der Waals surface area contributed by atoms with Crippen LogP contribution in [0.1, 0.15) is 34.6 Å². The van der Waals surface area contributed by atoms with E-state index in [1.807, 2.05) is 11.9 Å². The van der Waals surface area contributed by atoms with E-state index >= 15 is 0 Å². The monoisotopic (exact) mass is 364 g/mol. The molecule has 1 aromatic carbocycles. The van der Waals surface area contributed by atoms with Crippen molar-refractivity contribution in [1.29, 1.82) is 0 Å². The lowest BCUT2D eigenvalue weighted by Crippen LogP contribution is -2.36. The minimum Gasteiger partial charge on any atom is -0.337 e. The number of benzene rings is 1. The summed E-state index contributed by atoms with van der Waals surface area (Å²) >= 11 is 0. The summed E-state index contributed by atoms with van der Waals surface area (Å²) in [7, 11) is 1.91. The minimum absolute atomic E-state index is 0.0732. The molecule has 0 N–H and O–H groups in total. The van der Waals surface area contributed by atoms with Crippen molar-refractivity contribution in [2.24, 2.45) is 0 Å². The Hall–Kier alpha value is -2.48. The summed E-state index contributed by atoms with van der Waals surface area (Å²) in [5.74, 6) is -1.02. The highest BCUT2D eigenvalue weighted by Crippen LogP contribution is 2.26. The maximum absolute atomic E-state index is 14.2. The Labute approximate surface area is 149 Å². The van der Waals surface area contributed by atoms with Gasteiger partial charge in [0.25, 0.3) is 12.3 Å². The number of likely N-dealkylation sites (N-methyl/N-ethyl adjacent to an activating group) is 1. The van der Waals surface area contributed by atoms with Crippen LogP contribution in [0.4, 0.5) is 13.2 Å². The van der Waals surface area contributed by atoms with Gasteiger partial charge in [-0.05, 0) is 25.6 Å². The molecule has 1 aromatic heterocycles. The van der Waals surface area contributed by atoms with Crippen molar-refractivity contribution < 1.29 is 18.0 Å². The van der Waals surface area contributed by atoms with Crippen LogP contribution in [0, 0.1) is 5.82 Å². The summed E-state index contributed by atoms with van der Waals surface area (Å²) in [4.78, 5) is 24.5. The predicted molar refractivity (Wildman–Crippen MR) is 89.2 cm³/mol. The number of carbonyl (C=O) groups is 1. The van der Waals surface area contributed by atoms with Crippen molar-refractivity contribution >= 4 is 5.91 Å². The quantitative estimate of drug-likeness (QED) is 0.819. The third kappa shape index (κ3) is 3.85. The fourth-order valence-corrected chi connectivity index (χ4v) is 3.10. The van der Waals surface area contributed by atoms with Crippen molar-refractivity contribution in [3.8, 4) is 0 Å². The van der Waals surface area contributed by atoms with Gasteiger partial charge in [0.2, 0.25) is 0 Å². The van der Waals surface area contributed by atoms with Gasteiger partial charge in [-0.15, -0.1) is 0 Å². The molecule has 1 aliphatic heterocycles. The topological polar surface area (TPSA) is 49.3 Å². The zero-order valence-corrected chi connectivity index (χ0v) is 14.3. The number of nitrogens with zero attached hydrogens (tertiary/aromatic N) is 4. The zero-order chi connectivity index (χ0) is 18.7. The molecule has 1 aliphatic rings. The highest BCUT2D eigenvalue weighted by atomic mass is 19.3. The Kier molecular flexibility index (Phi) is 5.51. The third-order valence-electron chi connectivity index (χ3n) is 4.58. The summed E-state index contributed by atoms with van der Waals surface area (Å²) in [6.07, 6.45) is 1.09. The minimum atomic E-state index is -2.95. The number of hydrogen-bond acceptors (Lipinski definition) is 4. The molecule has 0 aliphatic carbocycles. The van der Waals surface area contributed by atoms with Crippen molar-refractivity contribution in [1.82, 2.24) is 19.8 Å². The van der Waals surface area contributed by atoms with Gasteiger partial charge < -0.3 is 4.90 Å². The van der Waals surface area contributed by atoms with E-state index in [9.17, 15) is 18.0 Å². The molecule has 3 rings (SSSR count). The lowest BCUT2D eigenvalue weighted by atomic mass is 10.1. The summed E-state index contributed by atoms with van der Waals surface area (Å²) < 4.78 is 39.9. The Morgan fingerprint density at radius 2 is 2.04 bits per heavy atom. The average Bonchev–Trinajstić information content (AvgIpc) is 3.12. The number of carbonyl (C=O) groups excluding carboxylic acids is 1. The van der Waals surface area contributed by atoms with Crippen molar-refractivity contribution in [2.75, 3.05) is 20.1 Å². The molecule has 1 atom stereocenters. The van der Waals surface area contributed by atoms with E-state index in [4.69, 9.17) is 0 Å². The molecular formula is C18H19F3N4O. The Morgan fingerprint density at radius 1 is 1.31 bits per heavy atom. The van der Waals surface area contributed by atoms with Gasteiger partial charge in [0.05, 0.1) is 17.7 Å². The second-order valence-electron chi connectivity index (χ2n) is 6.28. The first kappa shape index (κ1) is 18.3. The standard InChI is InChI=1S/C18H19F3N4O/c1-24(11-15-22-7-3-8-23-15)12-6-9-25(10-12)18(26)14-5-2-4-13(16(14)19)17(20)21/h2-5,7-8,12,17H,6,9-11H2,1H3. The van der Waals surface area contributed by atoms with Crippen LogP contribution in [0.5, 0.6) is 0 Å². The third-order valence-corrected chi connectivity index (χ3v) is 4.58. The van der Waals surface area contributed by atoms with E-state index < -0.39 is 23.7 Å². The normalized spacial score (nSPS) is 17.3. The van der Waals surface area contributed by atoms with Gasteiger partial charge in [0.15, 0.2) is 0 Å². The first-order valence-electron chi connectivity index (χ1n) is 8.29. The molecule has 1 amide bonds. The Morgan fingerprint density at radius 3 is 2.73 bits per heavy atom.